The minimum Gasteiger partial charge on any atom is -0.475 e. The number of oxazole rings is 1. The minimum atomic E-state index is -5.14. The molecule has 0 fully saturated rings. The van der Waals surface area contributed by atoms with E-state index in [0.717, 1.165) is 12.1 Å². The van der Waals surface area contributed by atoms with E-state index in [2.05, 4.69) is 25.3 Å². The van der Waals surface area contributed by atoms with Crippen LogP contribution in [0.5, 0.6) is 0 Å². The molecule has 0 aliphatic heterocycles. The Balaban J connectivity index is 2.70. The topological polar surface area (TPSA) is 63.3 Å². The van der Waals surface area contributed by atoms with Gasteiger partial charge in [-0.25, -0.2) is 18.6 Å². The van der Waals surface area contributed by atoms with Crippen molar-refractivity contribution in [1.82, 2.24) is 4.98 Å². The molecule has 0 amide bonds. The monoisotopic (exact) mass is 371 g/mol. The lowest BCUT2D eigenvalue weighted by atomic mass is 10.2. The first-order valence-electron chi connectivity index (χ1n) is 5.07. The summed E-state index contributed by atoms with van der Waals surface area (Å²) in [4.78, 5) is 13.6. The zero-order valence-corrected chi connectivity index (χ0v) is 11.2. The van der Waals surface area contributed by atoms with Gasteiger partial charge in [-0.05, 0) is 12.1 Å². The molecule has 0 radical (unpaired) electrons. The molecule has 0 unspecified atom stereocenters. The molecule has 2 rings (SSSR count). The third-order valence-electron chi connectivity index (χ3n) is 2.31. The van der Waals surface area contributed by atoms with Crippen LogP contribution in [0.4, 0.5) is 22.0 Å². The summed E-state index contributed by atoms with van der Waals surface area (Å²) >= 11 is 2.79. The van der Waals surface area contributed by atoms with Crippen molar-refractivity contribution < 1.29 is 36.3 Å². The molecule has 1 N–H and O–H groups in total. The normalized spacial score (nSPS) is 11.7. The molecule has 112 valence electrons. The number of alkyl halides is 3. The molecule has 0 atom stereocenters. The van der Waals surface area contributed by atoms with Crippen LogP contribution in [-0.2, 0) is 6.18 Å². The van der Waals surface area contributed by atoms with E-state index in [0.29, 0.717) is 0 Å². The third-order valence-corrected chi connectivity index (χ3v) is 2.77. The number of carboxylic acids is 1. The lowest BCUT2D eigenvalue weighted by Gasteiger charge is -2.01. The standard InChI is InChI=1S/C11H3BrF5NO3/c12-3-1-4(13)6(5(14)2-3)9-18-8(11(15,16)17)7(21-9)10(19)20/h1-2H,(H,19,20). The van der Waals surface area contributed by atoms with Crippen LogP contribution in [0.15, 0.2) is 21.0 Å². The van der Waals surface area contributed by atoms with Crippen LogP contribution in [0.1, 0.15) is 16.2 Å². The van der Waals surface area contributed by atoms with E-state index in [1.54, 1.807) is 0 Å². The first-order valence-corrected chi connectivity index (χ1v) is 5.86. The molecule has 0 spiro atoms. The summed E-state index contributed by atoms with van der Waals surface area (Å²) < 4.78 is 69.5. The minimum absolute atomic E-state index is 0.00214. The maximum atomic E-state index is 13.6. The molecule has 2 aromatic rings. The second-order valence-electron chi connectivity index (χ2n) is 3.74. The van der Waals surface area contributed by atoms with E-state index < -0.39 is 46.7 Å². The van der Waals surface area contributed by atoms with Gasteiger partial charge in [0.25, 0.3) is 0 Å². The Morgan fingerprint density at radius 3 is 2.14 bits per heavy atom. The van der Waals surface area contributed by atoms with Crippen LogP contribution in [0.3, 0.4) is 0 Å². The summed E-state index contributed by atoms with van der Waals surface area (Å²) in [5, 5.41) is 8.64. The van der Waals surface area contributed by atoms with Crippen LogP contribution >= 0.6 is 15.9 Å². The summed E-state index contributed by atoms with van der Waals surface area (Å²) in [6.07, 6.45) is -5.14. The molecule has 0 aliphatic rings. The Morgan fingerprint density at radius 2 is 1.76 bits per heavy atom. The van der Waals surface area contributed by atoms with E-state index in [-0.39, 0.29) is 4.47 Å². The van der Waals surface area contributed by atoms with E-state index in [4.69, 9.17) is 5.11 Å². The molecule has 4 nitrogen and oxygen atoms in total. The number of aromatic carboxylic acids is 1. The number of hydrogen-bond donors (Lipinski definition) is 1. The first kappa shape index (κ1) is 15.4. The van der Waals surface area contributed by atoms with Crippen LogP contribution in [0, 0.1) is 11.6 Å². The summed E-state index contributed by atoms with van der Waals surface area (Å²) in [7, 11) is 0. The van der Waals surface area contributed by atoms with Gasteiger partial charge < -0.3 is 9.52 Å². The summed E-state index contributed by atoms with van der Waals surface area (Å²) in [6.45, 7) is 0. The second-order valence-corrected chi connectivity index (χ2v) is 4.66. The highest BCUT2D eigenvalue weighted by molar-refractivity contribution is 9.10. The third kappa shape index (κ3) is 2.89. The molecule has 0 bridgehead atoms. The number of hydrogen-bond acceptors (Lipinski definition) is 3. The van der Waals surface area contributed by atoms with Gasteiger partial charge in [0.05, 0.1) is 0 Å². The molecule has 0 aliphatic carbocycles. The van der Waals surface area contributed by atoms with Gasteiger partial charge in [-0.1, -0.05) is 15.9 Å². The van der Waals surface area contributed by atoms with Crippen LogP contribution in [-0.4, -0.2) is 16.1 Å². The fraction of sp³-hybridized carbons (Fsp3) is 0.0909. The largest absolute Gasteiger partial charge is 0.475 e. The van der Waals surface area contributed by atoms with Crippen molar-refractivity contribution in [2.75, 3.05) is 0 Å². The quantitative estimate of drug-likeness (QED) is 0.807. The van der Waals surface area contributed by atoms with Crippen LogP contribution < -0.4 is 0 Å². The Kier molecular flexibility index (Phi) is 3.74. The molecule has 10 heteroatoms. The average Bonchev–Trinajstić information content (AvgIpc) is 2.71. The van der Waals surface area contributed by atoms with Crippen molar-refractivity contribution >= 4 is 21.9 Å². The lowest BCUT2D eigenvalue weighted by Crippen LogP contribution is -2.11. The van der Waals surface area contributed by atoms with Crippen LogP contribution in [0.2, 0.25) is 0 Å². The van der Waals surface area contributed by atoms with E-state index in [9.17, 15) is 26.7 Å². The van der Waals surface area contributed by atoms with E-state index in [1.807, 2.05) is 0 Å². The highest BCUT2D eigenvalue weighted by atomic mass is 79.9. The number of carboxylic acid groups (broad SMARTS) is 1. The molecule has 0 saturated heterocycles. The lowest BCUT2D eigenvalue weighted by molar-refractivity contribution is -0.141. The molecular formula is C11H3BrF5NO3. The Bertz CT molecular complexity index is 702. The molecular weight excluding hydrogens is 369 g/mol. The number of rotatable bonds is 2. The number of carbonyl (C=O) groups is 1. The van der Waals surface area contributed by atoms with Crippen LogP contribution in [0.25, 0.3) is 11.5 Å². The van der Waals surface area contributed by atoms with Crippen molar-refractivity contribution in [1.29, 1.82) is 0 Å². The molecule has 1 heterocycles. The highest BCUT2D eigenvalue weighted by Gasteiger charge is 2.42. The Labute approximate surface area is 121 Å². The van der Waals surface area contributed by atoms with Gasteiger partial charge >= 0.3 is 12.1 Å². The first-order chi connectivity index (χ1) is 9.61. The fourth-order valence-electron chi connectivity index (χ4n) is 1.51. The summed E-state index contributed by atoms with van der Waals surface area (Å²) in [6, 6.07) is 1.55. The maximum Gasteiger partial charge on any atom is 0.437 e. The SMILES string of the molecule is O=C(O)c1oc(-c2c(F)cc(Br)cc2F)nc1C(F)(F)F. The van der Waals surface area contributed by atoms with E-state index >= 15 is 0 Å². The van der Waals surface area contributed by atoms with Gasteiger partial charge in [0.1, 0.15) is 17.2 Å². The van der Waals surface area contributed by atoms with Crippen molar-refractivity contribution in [2.45, 2.75) is 6.18 Å². The zero-order chi connectivity index (χ0) is 15.9. The van der Waals surface area contributed by atoms with Crippen molar-refractivity contribution in [3.8, 4) is 11.5 Å². The molecule has 1 aromatic carbocycles. The fourth-order valence-corrected chi connectivity index (χ4v) is 1.91. The van der Waals surface area contributed by atoms with Gasteiger partial charge in [0.15, 0.2) is 5.69 Å². The second kappa shape index (κ2) is 5.10. The average molecular weight is 372 g/mol. The predicted molar refractivity (Wildman–Crippen MR) is 61.5 cm³/mol. The number of aromatic nitrogens is 1. The Hall–Kier alpha value is -1.97. The van der Waals surface area contributed by atoms with Gasteiger partial charge in [-0.3, -0.25) is 0 Å². The smallest absolute Gasteiger partial charge is 0.437 e. The van der Waals surface area contributed by atoms with Gasteiger partial charge in [0, 0.05) is 4.47 Å². The molecule has 21 heavy (non-hydrogen) atoms. The number of benzene rings is 1. The van der Waals surface area contributed by atoms with Crippen molar-refractivity contribution in [3.05, 3.63) is 39.7 Å². The number of nitrogens with zero attached hydrogens (tertiary/aromatic N) is 1. The Morgan fingerprint density at radius 1 is 1.24 bits per heavy atom. The van der Waals surface area contributed by atoms with Gasteiger partial charge in [-0.2, -0.15) is 13.2 Å². The molecule has 0 saturated carbocycles. The van der Waals surface area contributed by atoms with Crippen molar-refractivity contribution in [2.24, 2.45) is 0 Å². The summed E-state index contributed by atoms with van der Waals surface area (Å²) in [5.74, 6) is -7.22. The summed E-state index contributed by atoms with van der Waals surface area (Å²) in [5.41, 5.74) is -2.86. The van der Waals surface area contributed by atoms with Gasteiger partial charge in [0.2, 0.25) is 11.7 Å². The maximum absolute atomic E-state index is 13.6. The predicted octanol–water partition coefficient (Wildman–Crippen LogP) is 4.10. The molecule has 1 aromatic heterocycles. The zero-order valence-electron chi connectivity index (χ0n) is 9.63. The van der Waals surface area contributed by atoms with E-state index in [1.165, 1.54) is 0 Å². The number of halogens is 6. The van der Waals surface area contributed by atoms with Crippen molar-refractivity contribution in [3.63, 3.8) is 0 Å². The highest BCUT2D eigenvalue weighted by Crippen LogP contribution is 2.36. The van der Waals surface area contributed by atoms with Gasteiger partial charge in [-0.15, -0.1) is 0 Å².